The molecule has 0 N–H and O–H groups in total. The number of hydrogen-bond acceptors (Lipinski definition) is 11. The van der Waals surface area contributed by atoms with Gasteiger partial charge in [-0.25, -0.2) is 0 Å². The van der Waals surface area contributed by atoms with Crippen molar-refractivity contribution in [1.82, 2.24) is 0 Å². The van der Waals surface area contributed by atoms with E-state index in [2.05, 4.69) is 6.92 Å². The van der Waals surface area contributed by atoms with Gasteiger partial charge in [0.1, 0.15) is 6.61 Å². The van der Waals surface area contributed by atoms with Crippen LogP contribution in [-0.2, 0) is 52.2 Å². The molecule has 0 atom stereocenters. The lowest BCUT2D eigenvalue weighted by atomic mass is 10.2. The van der Waals surface area contributed by atoms with Gasteiger partial charge in [-0.1, -0.05) is 26.2 Å². The summed E-state index contributed by atoms with van der Waals surface area (Å²) in [5.41, 5.74) is 0. The average molecular weight is 539 g/mol. The third kappa shape index (κ3) is 30.8. The molecule has 0 amide bonds. The number of carbonyl (C=O) groups is 2. The molecule has 0 radical (unpaired) electrons. The molecule has 0 aliphatic rings. The van der Waals surface area contributed by atoms with E-state index in [9.17, 15) is 9.59 Å². The molecule has 0 bridgehead atoms. The van der Waals surface area contributed by atoms with Crippen molar-refractivity contribution in [2.24, 2.45) is 0 Å². The van der Waals surface area contributed by atoms with Crippen LogP contribution in [0.15, 0.2) is 0 Å². The molecule has 37 heavy (non-hydrogen) atoms. The van der Waals surface area contributed by atoms with E-state index in [-0.39, 0.29) is 25.0 Å². The number of esters is 2. The summed E-state index contributed by atoms with van der Waals surface area (Å²) in [6, 6.07) is 0. The molecule has 220 valence electrons. The van der Waals surface area contributed by atoms with E-state index in [1.54, 1.807) is 6.92 Å². The van der Waals surface area contributed by atoms with Gasteiger partial charge < -0.3 is 42.6 Å². The van der Waals surface area contributed by atoms with E-state index in [0.717, 1.165) is 25.7 Å². The van der Waals surface area contributed by atoms with E-state index in [1.165, 1.54) is 0 Å². The van der Waals surface area contributed by atoms with Crippen LogP contribution in [0.25, 0.3) is 0 Å². The van der Waals surface area contributed by atoms with Crippen molar-refractivity contribution in [2.45, 2.75) is 52.4 Å². The molecular weight excluding hydrogens is 488 g/mol. The van der Waals surface area contributed by atoms with Gasteiger partial charge in [0.2, 0.25) is 0 Å². The van der Waals surface area contributed by atoms with Crippen molar-refractivity contribution in [1.29, 1.82) is 0 Å². The maximum absolute atomic E-state index is 11.5. The topological polar surface area (TPSA) is 117 Å². The molecule has 0 heterocycles. The molecule has 0 unspecified atom stereocenters. The Labute approximate surface area is 222 Å². The van der Waals surface area contributed by atoms with E-state index < -0.39 is 0 Å². The van der Waals surface area contributed by atoms with Crippen molar-refractivity contribution >= 4 is 11.9 Å². The second kappa shape index (κ2) is 30.9. The molecule has 0 aromatic heterocycles. The number of ether oxygens (including phenoxy) is 9. The quantitative estimate of drug-likeness (QED) is 0.0992. The van der Waals surface area contributed by atoms with Gasteiger partial charge in [0, 0.05) is 6.42 Å². The van der Waals surface area contributed by atoms with Crippen LogP contribution in [0.5, 0.6) is 0 Å². The summed E-state index contributed by atoms with van der Waals surface area (Å²) in [6.45, 7) is 11.0. The van der Waals surface area contributed by atoms with Gasteiger partial charge in [-0.15, -0.1) is 0 Å². The Kier molecular flexibility index (Phi) is 29.8. The van der Waals surface area contributed by atoms with Gasteiger partial charge in [0.15, 0.2) is 0 Å². The van der Waals surface area contributed by atoms with Gasteiger partial charge in [0.25, 0.3) is 0 Å². The first kappa shape index (κ1) is 35.7. The molecular formula is C26H50O11. The van der Waals surface area contributed by atoms with Crippen LogP contribution in [-0.4, -0.2) is 118 Å². The SMILES string of the molecule is CCCCCCC(=O)OCCOCCOCCOCCOCCOCCOCCOCCC(=O)OCC. The average Bonchev–Trinajstić information content (AvgIpc) is 2.89. The molecule has 11 nitrogen and oxygen atoms in total. The zero-order valence-corrected chi connectivity index (χ0v) is 23.0. The maximum atomic E-state index is 11.5. The van der Waals surface area contributed by atoms with Crippen molar-refractivity contribution in [3.05, 3.63) is 0 Å². The molecule has 0 saturated carbocycles. The number of rotatable bonds is 30. The van der Waals surface area contributed by atoms with Crippen LogP contribution in [0.4, 0.5) is 0 Å². The number of hydrogen-bond donors (Lipinski definition) is 0. The normalized spacial score (nSPS) is 11.1. The molecule has 0 aromatic carbocycles. The minimum Gasteiger partial charge on any atom is -0.466 e. The largest absolute Gasteiger partial charge is 0.466 e. The Morgan fingerprint density at radius 2 is 0.784 bits per heavy atom. The second-order valence-electron chi connectivity index (χ2n) is 7.87. The summed E-state index contributed by atoms with van der Waals surface area (Å²) < 4.78 is 47.6. The Bertz CT molecular complexity index is 491. The van der Waals surface area contributed by atoms with Gasteiger partial charge in [-0.3, -0.25) is 9.59 Å². The fraction of sp³-hybridized carbons (Fsp3) is 0.923. The van der Waals surface area contributed by atoms with E-state index in [4.69, 9.17) is 42.6 Å². The van der Waals surface area contributed by atoms with Crippen LogP contribution in [0, 0.1) is 0 Å². The second-order valence-corrected chi connectivity index (χ2v) is 7.87. The lowest BCUT2D eigenvalue weighted by molar-refractivity contribution is -0.146. The molecule has 0 spiro atoms. The van der Waals surface area contributed by atoms with Gasteiger partial charge >= 0.3 is 11.9 Å². The van der Waals surface area contributed by atoms with E-state index in [1.807, 2.05) is 0 Å². The summed E-state index contributed by atoms with van der Waals surface area (Å²) in [4.78, 5) is 22.6. The van der Waals surface area contributed by atoms with Gasteiger partial charge in [-0.2, -0.15) is 0 Å². The smallest absolute Gasteiger partial charge is 0.308 e. The van der Waals surface area contributed by atoms with Crippen LogP contribution >= 0.6 is 0 Å². The maximum Gasteiger partial charge on any atom is 0.308 e. The summed E-state index contributed by atoms with van der Waals surface area (Å²) in [6.07, 6.45) is 5.01. The van der Waals surface area contributed by atoms with Gasteiger partial charge in [0.05, 0.1) is 106 Å². The van der Waals surface area contributed by atoms with Crippen LogP contribution in [0.1, 0.15) is 52.4 Å². The monoisotopic (exact) mass is 538 g/mol. The standard InChI is InChI=1S/C26H50O11/c1-3-5-6-7-8-25(27)37-24-23-35-22-21-34-20-19-33-18-17-32-16-15-31-14-13-30-12-11-29-10-9-26(28)36-4-2/h3-24H2,1-2H3. The van der Waals surface area contributed by atoms with Crippen molar-refractivity contribution in [3.8, 4) is 0 Å². The van der Waals surface area contributed by atoms with Crippen LogP contribution in [0.3, 0.4) is 0 Å². The van der Waals surface area contributed by atoms with Crippen molar-refractivity contribution in [2.75, 3.05) is 106 Å². The predicted molar refractivity (Wildman–Crippen MR) is 137 cm³/mol. The molecule has 0 fully saturated rings. The predicted octanol–water partition coefficient (Wildman–Crippen LogP) is 2.57. The van der Waals surface area contributed by atoms with Crippen LogP contribution < -0.4 is 0 Å². The summed E-state index contributed by atoms with van der Waals surface area (Å²) in [5.74, 6) is -0.406. The number of carbonyl (C=O) groups excluding carboxylic acids is 2. The lowest BCUT2D eigenvalue weighted by Crippen LogP contribution is -2.15. The Hall–Kier alpha value is -1.34. The minimum atomic E-state index is -0.251. The molecule has 0 saturated heterocycles. The molecule has 0 aliphatic heterocycles. The number of unbranched alkanes of at least 4 members (excludes halogenated alkanes) is 3. The first-order chi connectivity index (χ1) is 18.2. The summed E-state index contributed by atoms with van der Waals surface area (Å²) in [7, 11) is 0. The Morgan fingerprint density at radius 1 is 0.405 bits per heavy atom. The van der Waals surface area contributed by atoms with Crippen LogP contribution in [0.2, 0.25) is 0 Å². The van der Waals surface area contributed by atoms with Crippen molar-refractivity contribution in [3.63, 3.8) is 0 Å². The third-order valence-corrected chi connectivity index (χ3v) is 4.71. The highest BCUT2D eigenvalue weighted by Crippen LogP contribution is 2.03. The summed E-state index contributed by atoms with van der Waals surface area (Å²) >= 11 is 0. The zero-order valence-electron chi connectivity index (χ0n) is 23.0. The Balaban J connectivity index is 3.11. The first-order valence-electron chi connectivity index (χ1n) is 13.6. The molecule has 0 rings (SSSR count). The summed E-state index contributed by atoms with van der Waals surface area (Å²) in [5, 5.41) is 0. The zero-order chi connectivity index (χ0) is 27.1. The van der Waals surface area contributed by atoms with Gasteiger partial charge in [-0.05, 0) is 13.3 Å². The minimum absolute atomic E-state index is 0.154. The fourth-order valence-electron chi connectivity index (χ4n) is 2.79. The first-order valence-corrected chi connectivity index (χ1v) is 13.6. The highest BCUT2D eigenvalue weighted by atomic mass is 16.6. The highest BCUT2D eigenvalue weighted by Gasteiger charge is 2.02. The molecule has 0 aliphatic carbocycles. The lowest BCUT2D eigenvalue weighted by Gasteiger charge is -2.09. The Morgan fingerprint density at radius 3 is 1.19 bits per heavy atom. The van der Waals surface area contributed by atoms with E-state index in [0.29, 0.717) is 106 Å². The van der Waals surface area contributed by atoms with Crippen molar-refractivity contribution < 1.29 is 52.2 Å². The van der Waals surface area contributed by atoms with E-state index >= 15 is 0 Å². The molecule has 11 heteroatoms. The molecule has 0 aromatic rings. The third-order valence-electron chi connectivity index (χ3n) is 4.71. The highest BCUT2D eigenvalue weighted by molar-refractivity contribution is 5.69. The fourth-order valence-corrected chi connectivity index (χ4v) is 2.79.